The molecule has 1 atom stereocenters. The number of aryl methyl sites for hydroxylation is 1. The second-order valence-corrected chi connectivity index (χ2v) is 7.74. The van der Waals surface area contributed by atoms with E-state index in [9.17, 15) is 9.59 Å². The van der Waals surface area contributed by atoms with Gasteiger partial charge >= 0.3 is 0 Å². The minimum atomic E-state index is -0.613. The quantitative estimate of drug-likeness (QED) is 0.501. The smallest absolute Gasteiger partial charge is 0.242 e. The van der Waals surface area contributed by atoms with Crippen LogP contribution in [0.1, 0.15) is 45.2 Å². The summed E-state index contributed by atoms with van der Waals surface area (Å²) >= 11 is 6.31. The molecule has 6 nitrogen and oxygen atoms in total. The van der Waals surface area contributed by atoms with E-state index in [1.54, 1.807) is 17.9 Å². The number of carbonyl (C=O) groups excluding carboxylic acids is 2. The van der Waals surface area contributed by atoms with Crippen molar-refractivity contribution in [3.05, 3.63) is 58.6 Å². The molecule has 2 aromatic rings. The van der Waals surface area contributed by atoms with Gasteiger partial charge in [-0.25, -0.2) is 0 Å². The maximum atomic E-state index is 13.2. The van der Waals surface area contributed by atoms with Gasteiger partial charge in [-0.2, -0.15) is 0 Å². The normalized spacial score (nSPS) is 11.5. The molecule has 0 aliphatic rings. The molecule has 0 heterocycles. The first-order chi connectivity index (χ1) is 15.4. The molecule has 0 spiro atoms. The number of likely N-dealkylation sites (N-methyl/N-ethyl adjacent to an activating group) is 1. The molecule has 0 unspecified atom stereocenters. The summed E-state index contributed by atoms with van der Waals surface area (Å²) in [7, 11) is 0. The largest absolute Gasteiger partial charge is 0.490 e. The highest BCUT2D eigenvalue weighted by atomic mass is 35.5. The Morgan fingerprint density at radius 2 is 1.72 bits per heavy atom. The molecule has 0 aliphatic carbocycles. The average molecular weight is 461 g/mol. The third-order valence-electron chi connectivity index (χ3n) is 5.05. The molecule has 0 saturated heterocycles. The van der Waals surface area contributed by atoms with Crippen LogP contribution in [-0.4, -0.2) is 42.5 Å². The van der Waals surface area contributed by atoms with Gasteiger partial charge in [0.15, 0.2) is 11.5 Å². The number of ether oxygens (including phenoxy) is 2. The Labute approximate surface area is 195 Å². The predicted octanol–water partition coefficient (Wildman–Crippen LogP) is 4.62. The van der Waals surface area contributed by atoms with E-state index in [4.69, 9.17) is 21.1 Å². The Bertz CT molecular complexity index is 903. The molecule has 0 aliphatic heterocycles. The van der Waals surface area contributed by atoms with Gasteiger partial charge in [-0.1, -0.05) is 35.9 Å². The van der Waals surface area contributed by atoms with Gasteiger partial charge in [-0.05, 0) is 63.4 Å². The van der Waals surface area contributed by atoms with E-state index in [0.717, 1.165) is 11.1 Å². The second-order valence-electron chi connectivity index (χ2n) is 7.33. The zero-order valence-electron chi connectivity index (χ0n) is 19.3. The summed E-state index contributed by atoms with van der Waals surface area (Å²) in [6.07, 6.45) is 0.778. The summed E-state index contributed by atoms with van der Waals surface area (Å²) in [6.45, 7) is 9.28. The maximum absolute atomic E-state index is 13.2. The summed E-state index contributed by atoms with van der Waals surface area (Å²) in [5.74, 6) is 1.06. The van der Waals surface area contributed by atoms with E-state index in [2.05, 4.69) is 5.32 Å². The van der Waals surface area contributed by atoms with Crippen LogP contribution < -0.4 is 14.8 Å². The number of benzene rings is 2. The van der Waals surface area contributed by atoms with Crippen LogP contribution in [0, 0.1) is 0 Å². The summed E-state index contributed by atoms with van der Waals surface area (Å²) in [6, 6.07) is 12.5. The van der Waals surface area contributed by atoms with Crippen molar-refractivity contribution in [2.24, 2.45) is 0 Å². The third-order valence-corrected chi connectivity index (χ3v) is 5.42. The molecule has 0 saturated carbocycles. The van der Waals surface area contributed by atoms with Gasteiger partial charge in [0.2, 0.25) is 11.8 Å². The zero-order valence-corrected chi connectivity index (χ0v) is 20.1. The molecule has 0 fully saturated rings. The number of carbonyl (C=O) groups is 2. The molecule has 0 bridgehead atoms. The van der Waals surface area contributed by atoms with Crippen LogP contribution in [0.5, 0.6) is 11.5 Å². The Morgan fingerprint density at radius 3 is 2.38 bits per heavy atom. The van der Waals surface area contributed by atoms with Crippen molar-refractivity contribution in [3.63, 3.8) is 0 Å². The lowest BCUT2D eigenvalue weighted by Crippen LogP contribution is -2.47. The van der Waals surface area contributed by atoms with Crippen LogP contribution in [0.25, 0.3) is 0 Å². The topological polar surface area (TPSA) is 67.9 Å². The Balaban J connectivity index is 2.17. The first-order valence-electron chi connectivity index (χ1n) is 11.1. The van der Waals surface area contributed by atoms with Crippen LogP contribution in [0.15, 0.2) is 42.5 Å². The first-order valence-corrected chi connectivity index (χ1v) is 11.5. The Kier molecular flexibility index (Phi) is 10.3. The van der Waals surface area contributed by atoms with Gasteiger partial charge in [-0.3, -0.25) is 9.59 Å². The van der Waals surface area contributed by atoms with E-state index in [1.807, 2.05) is 57.2 Å². The molecular formula is C25H33ClN2O4. The van der Waals surface area contributed by atoms with Crippen molar-refractivity contribution in [1.82, 2.24) is 10.2 Å². The summed E-state index contributed by atoms with van der Waals surface area (Å²) in [5.41, 5.74) is 1.77. The molecular weight excluding hydrogens is 428 g/mol. The van der Waals surface area contributed by atoms with Gasteiger partial charge in [0.1, 0.15) is 6.04 Å². The van der Waals surface area contributed by atoms with E-state index in [1.165, 1.54) is 0 Å². The number of hydrogen-bond acceptors (Lipinski definition) is 4. The van der Waals surface area contributed by atoms with Gasteiger partial charge < -0.3 is 19.7 Å². The van der Waals surface area contributed by atoms with Gasteiger partial charge in [0, 0.05) is 24.5 Å². The SMILES string of the molecule is CCNC(=O)[C@H](C)N(Cc1ccccc1Cl)C(=O)CCc1ccc(OCC)c(OCC)c1. The number of nitrogens with zero attached hydrogens (tertiary/aromatic N) is 1. The van der Waals surface area contributed by atoms with Crippen molar-refractivity contribution >= 4 is 23.4 Å². The van der Waals surface area contributed by atoms with Crippen LogP contribution in [0.4, 0.5) is 0 Å². The molecule has 0 aromatic heterocycles. The van der Waals surface area contributed by atoms with Crippen molar-refractivity contribution in [2.45, 2.75) is 53.1 Å². The van der Waals surface area contributed by atoms with E-state index in [0.29, 0.717) is 42.7 Å². The minimum absolute atomic E-state index is 0.115. The first kappa shape index (κ1) is 25.5. The lowest BCUT2D eigenvalue weighted by molar-refractivity contribution is -0.140. The van der Waals surface area contributed by atoms with Crippen LogP contribution in [-0.2, 0) is 22.6 Å². The molecule has 0 radical (unpaired) electrons. The fourth-order valence-corrected chi connectivity index (χ4v) is 3.56. The number of hydrogen-bond donors (Lipinski definition) is 1. The molecule has 7 heteroatoms. The summed E-state index contributed by atoms with van der Waals surface area (Å²) < 4.78 is 11.3. The van der Waals surface area contributed by atoms with Crippen molar-refractivity contribution < 1.29 is 19.1 Å². The lowest BCUT2D eigenvalue weighted by atomic mass is 10.1. The molecule has 2 rings (SSSR count). The van der Waals surface area contributed by atoms with Crippen molar-refractivity contribution in [1.29, 1.82) is 0 Å². The average Bonchev–Trinajstić information content (AvgIpc) is 2.78. The van der Waals surface area contributed by atoms with Crippen LogP contribution in [0.3, 0.4) is 0 Å². The Morgan fingerprint density at radius 1 is 1.03 bits per heavy atom. The van der Waals surface area contributed by atoms with Crippen molar-refractivity contribution in [3.8, 4) is 11.5 Å². The van der Waals surface area contributed by atoms with Crippen LogP contribution >= 0.6 is 11.6 Å². The molecule has 2 amide bonds. The minimum Gasteiger partial charge on any atom is -0.490 e. The number of amides is 2. The third kappa shape index (κ3) is 7.16. The molecule has 2 aromatic carbocycles. The fraction of sp³-hybridized carbons (Fsp3) is 0.440. The highest BCUT2D eigenvalue weighted by Gasteiger charge is 2.26. The van der Waals surface area contributed by atoms with Gasteiger partial charge in [0.05, 0.1) is 13.2 Å². The Hall–Kier alpha value is -2.73. The summed E-state index contributed by atoms with van der Waals surface area (Å²) in [5, 5.41) is 3.37. The van der Waals surface area contributed by atoms with Gasteiger partial charge in [-0.15, -0.1) is 0 Å². The highest BCUT2D eigenvalue weighted by Crippen LogP contribution is 2.29. The zero-order chi connectivity index (χ0) is 23.5. The number of halogens is 1. The lowest BCUT2D eigenvalue weighted by Gasteiger charge is -2.29. The van der Waals surface area contributed by atoms with E-state index >= 15 is 0 Å². The molecule has 174 valence electrons. The maximum Gasteiger partial charge on any atom is 0.242 e. The number of nitrogens with one attached hydrogen (secondary N) is 1. The van der Waals surface area contributed by atoms with E-state index < -0.39 is 6.04 Å². The monoisotopic (exact) mass is 460 g/mol. The summed E-state index contributed by atoms with van der Waals surface area (Å²) in [4.78, 5) is 27.3. The second kappa shape index (κ2) is 13.0. The number of rotatable bonds is 12. The fourth-order valence-electron chi connectivity index (χ4n) is 3.36. The molecule has 32 heavy (non-hydrogen) atoms. The standard InChI is InChI=1S/C25H33ClN2O4/c1-5-27-25(30)18(4)28(17-20-10-8-9-11-21(20)26)24(29)15-13-19-12-14-22(31-6-2)23(16-19)32-7-3/h8-12,14,16,18H,5-7,13,15,17H2,1-4H3,(H,27,30)/t18-/m0/s1. The highest BCUT2D eigenvalue weighted by molar-refractivity contribution is 6.31. The van der Waals surface area contributed by atoms with Crippen molar-refractivity contribution in [2.75, 3.05) is 19.8 Å². The molecule has 1 N–H and O–H groups in total. The van der Waals surface area contributed by atoms with Gasteiger partial charge in [0.25, 0.3) is 0 Å². The van der Waals surface area contributed by atoms with Crippen LogP contribution in [0.2, 0.25) is 5.02 Å². The van der Waals surface area contributed by atoms with E-state index in [-0.39, 0.29) is 24.8 Å². The predicted molar refractivity (Wildman–Crippen MR) is 127 cm³/mol.